The van der Waals surface area contributed by atoms with E-state index in [-0.39, 0.29) is 17.2 Å². The standard InChI is InChI=1S/C19H21NO5/c1-13-7-6-9-15(18(13)22)19(23)25-12-17(21)20(2)11-14-8-4-5-10-16(14)24-3/h4-10,22H,11-12H2,1-3H3. The Morgan fingerprint density at radius 1 is 1.12 bits per heavy atom. The summed E-state index contributed by atoms with van der Waals surface area (Å²) in [4.78, 5) is 25.7. The van der Waals surface area contributed by atoms with E-state index in [1.165, 1.54) is 11.0 Å². The maximum absolute atomic E-state index is 12.2. The van der Waals surface area contributed by atoms with Crippen LogP contribution in [0.25, 0.3) is 0 Å². The molecule has 0 spiro atoms. The second-order valence-electron chi connectivity index (χ2n) is 5.61. The van der Waals surface area contributed by atoms with Crippen LogP contribution in [-0.4, -0.2) is 42.6 Å². The molecule has 0 radical (unpaired) electrons. The van der Waals surface area contributed by atoms with Crippen molar-refractivity contribution in [2.24, 2.45) is 0 Å². The third-order valence-electron chi connectivity index (χ3n) is 3.81. The molecule has 0 fully saturated rings. The molecule has 0 saturated carbocycles. The van der Waals surface area contributed by atoms with Gasteiger partial charge in [0.15, 0.2) is 6.61 Å². The fraction of sp³-hybridized carbons (Fsp3) is 0.263. The number of para-hydroxylation sites is 2. The van der Waals surface area contributed by atoms with Crippen LogP contribution in [0.15, 0.2) is 42.5 Å². The van der Waals surface area contributed by atoms with Crippen molar-refractivity contribution in [3.05, 3.63) is 59.2 Å². The highest BCUT2D eigenvalue weighted by Gasteiger charge is 2.17. The number of aromatic hydroxyl groups is 1. The summed E-state index contributed by atoms with van der Waals surface area (Å²) in [7, 11) is 3.18. The quantitative estimate of drug-likeness (QED) is 0.816. The third kappa shape index (κ3) is 4.50. The smallest absolute Gasteiger partial charge is 0.342 e. The van der Waals surface area contributed by atoms with Crippen LogP contribution in [0.3, 0.4) is 0 Å². The molecule has 0 bridgehead atoms. The van der Waals surface area contributed by atoms with E-state index in [1.807, 2.05) is 24.3 Å². The molecule has 1 N–H and O–H groups in total. The number of aryl methyl sites for hydroxylation is 1. The lowest BCUT2D eigenvalue weighted by Crippen LogP contribution is -2.31. The molecule has 6 heteroatoms. The first-order chi connectivity index (χ1) is 11.9. The summed E-state index contributed by atoms with van der Waals surface area (Å²) in [6.07, 6.45) is 0. The Balaban J connectivity index is 1.95. The summed E-state index contributed by atoms with van der Waals surface area (Å²) in [6, 6.07) is 12.2. The molecule has 0 aliphatic carbocycles. The van der Waals surface area contributed by atoms with Crippen LogP contribution in [0, 0.1) is 6.92 Å². The van der Waals surface area contributed by atoms with Gasteiger partial charge in [0, 0.05) is 19.2 Å². The number of hydrogen-bond acceptors (Lipinski definition) is 5. The zero-order valence-electron chi connectivity index (χ0n) is 14.5. The van der Waals surface area contributed by atoms with Gasteiger partial charge in [0.2, 0.25) is 0 Å². The van der Waals surface area contributed by atoms with E-state index < -0.39 is 12.6 Å². The number of rotatable bonds is 6. The van der Waals surface area contributed by atoms with Gasteiger partial charge in [0.1, 0.15) is 17.1 Å². The molecule has 0 aromatic heterocycles. The average Bonchev–Trinajstić information content (AvgIpc) is 2.62. The number of ether oxygens (including phenoxy) is 2. The molecule has 25 heavy (non-hydrogen) atoms. The molecule has 0 unspecified atom stereocenters. The molecule has 0 aliphatic heterocycles. The number of benzene rings is 2. The predicted octanol–water partition coefficient (Wildman–Crippen LogP) is 2.52. The molecular weight excluding hydrogens is 322 g/mol. The fourth-order valence-electron chi connectivity index (χ4n) is 2.32. The van der Waals surface area contributed by atoms with Crippen molar-refractivity contribution in [3.63, 3.8) is 0 Å². The van der Waals surface area contributed by atoms with E-state index in [0.717, 1.165) is 5.56 Å². The van der Waals surface area contributed by atoms with Crippen molar-refractivity contribution >= 4 is 11.9 Å². The van der Waals surface area contributed by atoms with E-state index in [1.54, 1.807) is 33.2 Å². The van der Waals surface area contributed by atoms with Crippen molar-refractivity contribution in [3.8, 4) is 11.5 Å². The Kier molecular flexibility index (Phi) is 6.00. The number of esters is 1. The van der Waals surface area contributed by atoms with Crippen LogP contribution in [0.1, 0.15) is 21.5 Å². The van der Waals surface area contributed by atoms with Gasteiger partial charge in [-0.2, -0.15) is 0 Å². The number of nitrogens with zero attached hydrogens (tertiary/aromatic N) is 1. The van der Waals surface area contributed by atoms with Crippen LogP contribution in [0.4, 0.5) is 0 Å². The Bertz CT molecular complexity index is 772. The van der Waals surface area contributed by atoms with Gasteiger partial charge < -0.3 is 19.5 Å². The second-order valence-corrected chi connectivity index (χ2v) is 5.61. The van der Waals surface area contributed by atoms with Crippen LogP contribution in [-0.2, 0) is 16.1 Å². The van der Waals surface area contributed by atoms with Crippen molar-refractivity contribution < 1.29 is 24.2 Å². The molecule has 0 saturated heterocycles. The first kappa shape index (κ1) is 18.3. The Morgan fingerprint density at radius 3 is 2.56 bits per heavy atom. The number of carbonyl (C=O) groups excluding carboxylic acids is 2. The van der Waals surface area contributed by atoms with E-state index in [4.69, 9.17) is 9.47 Å². The number of amides is 1. The molecule has 1 amide bonds. The lowest BCUT2D eigenvalue weighted by atomic mass is 10.1. The summed E-state index contributed by atoms with van der Waals surface area (Å²) >= 11 is 0. The molecule has 0 aliphatic rings. The van der Waals surface area contributed by atoms with E-state index in [0.29, 0.717) is 17.9 Å². The number of carbonyl (C=O) groups is 2. The highest BCUT2D eigenvalue weighted by atomic mass is 16.5. The number of phenols is 1. The second kappa shape index (κ2) is 8.19. The maximum Gasteiger partial charge on any atom is 0.342 e. The number of methoxy groups -OCH3 is 1. The van der Waals surface area contributed by atoms with Gasteiger partial charge >= 0.3 is 5.97 Å². The van der Waals surface area contributed by atoms with Crippen LogP contribution >= 0.6 is 0 Å². The third-order valence-corrected chi connectivity index (χ3v) is 3.81. The summed E-state index contributed by atoms with van der Waals surface area (Å²) in [5.41, 5.74) is 1.46. The van der Waals surface area contributed by atoms with Gasteiger partial charge in [-0.05, 0) is 24.6 Å². The molecule has 0 heterocycles. The molecule has 2 aromatic carbocycles. The van der Waals surface area contributed by atoms with Crippen LogP contribution < -0.4 is 4.74 Å². The monoisotopic (exact) mass is 343 g/mol. The summed E-state index contributed by atoms with van der Waals surface area (Å²) in [6.45, 7) is 1.60. The van der Waals surface area contributed by atoms with Gasteiger partial charge in [-0.25, -0.2) is 4.79 Å². The SMILES string of the molecule is COc1ccccc1CN(C)C(=O)COC(=O)c1cccc(C)c1O. The lowest BCUT2D eigenvalue weighted by Gasteiger charge is -2.18. The van der Waals surface area contributed by atoms with Gasteiger partial charge in [-0.15, -0.1) is 0 Å². The minimum Gasteiger partial charge on any atom is -0.507 e. The largest absolute Gasteiger partial charge is 0.507 e. The van der Waals surface area contributed by atoms with Crippen molar-refractivity contribution in [2.75, 3.05) is 20.8 Å². The Morgan fingerprint density at radius 2 is 1.84 bits per heavy atom. The Hall–Kier alpha value is -3.02. The lowest BCUT2D eigenvalue weighted by molar-refractivity contribution is -0.133. The number of hydrogen-bond donors (Lipinski definition) is 1. The number of phenolic OH excluding ortho intramolecular Hbond substituents is 1. The van der Waals surface area contributed by atoms with Crippen molar-refractivity contribution in [2.45, 2.75) is 13.5 Å². The van der Waals surface area contributed by atoms with Gasteiger partial charge in [-0.3, -0.25) is 4.79 Å². The highest BCUT2D eigenvalue weighted by molar-refractivity contribution is 5.94. The Labute approximate surface area is 146 Å². The zero-order chi connectivity index (χ0) is 18.4. The fourth-order valence-corrected chi connectivity index (χ4v) is 2.32. The molecule has 2 aromatic rings. The summed E-state index contributed by atoms with van der Waals surface area (Å²) < 4.78 is 10.3. The first-order valence-electron chi connectivity index (χ1n) is 7.75. The topological polar surface area (TPSA) is 76.1 Å². The maximum atomic E-state index is 12.2. The zero-order valence-corrected chi connectivity index (χ0v) is 14.5. The van der Waals surface area contributed by atoms with Crippen LogP contribution in [0.2, 0.25) is 0 Å². The highest BCUT2D eigenvalue weighted by Crippen LogP contribution is 2.22. The number of likely N-dealkylation sites (N-methyl/N-ethyl adjacent to an activating group) is 1. The van der Waals surface area contributed by atoms with E-state index in [9.17, 15) is 14.7 Å². The molecular formula is C19H21NO5. The predicted molar refractivity (Wildman–Crippen MR) is 92.6 cm³/mol. The van der Waals surface area contributed by atoms with Gasteiger partial charge in [0.25, 0.3) is 5.91 Å². The molecule has 6 nitrogen and oxygen atoms in total. The van der Waals surface area contributed by atoms with Crippen molar-refractivity contribution in [1.82, 2.24) is 4.90 Å². The van der Waals surface area contributed by atoms with Crippen LogP contribution in [0.5, 0.6) is 11.5 Å². The molecule has 0 atom stereocenters. The van der Waals surface area contributed by atoms with E-state index in [2.05, 4.69) is 0 Å². The normalized spacial score (nSPS) is 10.2. The average molecular weight is 343 g/mol. The molecule has 132 valence electrons. The van der Waals surface area contributed by atoms with Gasteiger partial charge in [-0.1, -0.05) is 30.3 Å². The summed E-state index contributed by atoms with van der Waals surface area (Å²) in [5.74, 6) is -0.544. The minimum atomic E-state index is -0.736. The minimum absolute atomic E-state index is 0.0418. The van der Waals surface area contributed by atoms with Gasteiger partial charge in [0.05, 0.1) is 7.11 Å². The summed E-state index contributed by atoms with van der Waals surface area (Å²) in [5, 5.41) is 9.88. The van der Waals surface area contributed by atoms with E-state index >= 15 is 0 Å². The van der Waals surface area contributed by atoms with Crippen molar-refractivity contribution in [1.29, 1.82) is 0 Å². The first-order valence-corrected chi connectivity index (χ1v) is 7.75. The molecule has 2 rings (SSSR count).